The maximum atomic E-state index is 13.3. The number of likely N-dealkylation sites (tertiary alicyclic amines) is 1. The van der Waals surface area contributed by atoms with Crippen LogP contribution in [0.4, 0.5) is 24.5 Å². The largest absolute Gasteiger partial charge is 0.452 e. The van der Waals surface area contributed by atoms with Crippen LogP contribution in [0.1, 0.15) is 24.3 Å². The lowest BCUT2D eigenvalue weighted by Gasteiger charge is -2.30. The SMILES string of the molecule is CN1CCC(c2ccc(N)c(N)c2OC(F)C(F)F)CC1. The average Bonchev–Trinajstić information content (AvgIpc) is 2.45. The molecule has 0 radical (unpaired) electrons. The monoisotopic (exact) mass is 303 g/mol. The number of alkyl halides is 3. The van der Waals surface area contributed by atoms with E-state index < -0.39 is 12.8 Å². The second-order valence-corrected chi connectivity index (χ2v) is 5.37. The second kappa shape index (κ2) is 6.43. The lowest BCUT2D eigenvalue weighted by atomic mass is 9.88. The van der Waals surface area contributed by atoms with Crippen molar-refractivity contribution >= 4 is 11.4 Å². The fourth-order valence-corrected chi connectivity index (χ4v) is 2.57. The molecule has 1 aromatic carbocycles. The van der Waals surface area contributed by atoms with E-state index in [0.29, 0.717) is 5.56 Å². The van der Waals surface area contributed by atoms with Gasteiger partial charge in [0.15, 0.2) is 5.75 Å². The summed E-state index contributed by atoms with van der Waals surface area (Å²) in [5.41, 5.74) is 12.3. The van der Waals surface area contributed by atoms with E-state index in [1.165, 1.54) is 0 Å². The van der Waals surface area contributed by atoms with Gasteiger partial charge >= 0.3 is 6.43 Å². The number of hydrogen-bond acceptors (Lipinski definition) is 4. The van der Waals surface area contributed by atoms with E-state index in [1.54, 1.807) is 12.1 Å². The maximum absolute atomic E-state index is 13.3. The van der Waals surface area contributed by atoms with Crippen molar-refractivity contribution in [1.29, 1.82) is 0 Å². The van der Waals surface area contributed by atoms with Gasteiger partial charge in [-0.15, -0.1) is 0 Å². The number of halogens is 3. The van der Waals surface area contributed by atoms with Gasteiger partial charge < -0.3 is 21.1 Å². The van der Waals surface area contributed by atoms with E-state index in [0.717, 1.165) is 25.9 Å². The fourth-order valence-electron chi connectivity index (χ4n) is 2.57. The molecule has 1 fully saturated rings. The fraction of sp³-hybridized carbons (Fsp3) is 0.571. The number of hydrogen-bond donors (Lipinski definition) is 2. The van der Waals surface area contributed by atoms with Gasteiger partial charge in [-0.1, -0.05) is 6.07 Å². The molecule has 21 heavy (non-hydrogen) atoms. The highest BCUT2D eigenvalue weighted by Gasteiger charge is 2.28. The summed E-state index contributed by atoms with van der Waals surface area (Å²) >= 11 is 0. The van der Waals surface area contributed by atoms with Crippen LogP contribution in [0, 0.1) is 0 Å². The van der Waals surface area contributed by atoms with Crippen LogP contribution in [0.25, 0.3) is 0 Å². The third-order valence-electron chi connectivity index (χ3n) is 3.85. The molecule has 4 nitrogen and oxygen atoms in total. The Hall–Kier alpha value is -1.63. The summed E-state index contributed by atoms with van der Waals surface area (Å²) in [6.45, 7) is 1.75. The van der Waals surface area contributed by atoms with Crippen LogP contribution in [0.3, 0.4) is 0 Å². The van der Waals surface area contributed by atoms with Crippen molar-refractivity contribution in [1.82, 2.24) is 4.90 Å². The van der Waals surface area contributed by atoms with Crippen LogP contribution >= 0.6 is 0 Å². The Morgan fingerprint density at radius 3 is 2.38 bits per heavy atom. The topological polar surface area (TPSA) is 64.5 Å². The highest BCUT2D eigenvalue weighted by molar-refractivity contribution is 5.73. The van der Waals surface area contributed by atoms with Crippen LogP contribution in [0.2, 0.25) is 0 Å². The molecule has 1 saturated heterocycles. The molecule has 0 bridgehead atoms. The number of nitrogen functional groups attached to an aromatic ring is 2. The Bertz CT molecular complexity index is 491. The Labute approximate surface area is 121 Å². The number of nitrogens with zero attached hydrogens (tertiary/aromatic N) is 1. The van der Waals surface area contributed by atoms with Gasteiger partial charge in [-0.25, -0.2) is 8.78 Å². The molecule has 4 N–H and O–H groups in total. The van der Waals surface area contributed by atoms with Crippen molar-refractivity contribution < 1.29 is 17.9 Å². The molecule has 1 aliphatic heterocycles. The van der Waals surface area contributed by atoms with Gasteiger partial charge in [-0.05, 0) is 50.5 Å². The molecule has 1 atom stereocenters. The van der Waals surface area contributed by atoms with Crippen molar-refractivity contribution in [3.05, 3.63) is 17.7 Å². The molecule has 0 spiro atoms. The van der Waals surface area contributed by atoms with E-state index in [9.17, 15) is 13.2 Å². The van der Waals surface area contributed by atoms with Gasteiger partial charge in [-0.2, -0.15) is 4.39 Å². The van der Waals surface area contributed by atoms with Crippen molar-refractivity contribution in [2.45, 2.75) is 31.5 Å². The van der Waals surface area contributed by atoms with Crippen molar-refractivity contribution in [3.63, 3.8) is 0 Å². The van der Waals surface area contributed by atoms with E-state index in [4.69, 9.17) is 16.2 Å². The Balaban J connectivity index is 2.30. The van der Waals surface area contributed by atoms with E-state index in [2.05, 4.69) is 4.90 Å². The summed E-state index contributed by atoms with van der Waals surface area (Å²) in [6, 6.07) is 3.29. The molecule has 7 heteroatoms. The Morgan fingerprint density at radius 1 is 1.19 bits per heavy atom. The molecule has 0 saturated carbocycles. The zero-order chi connectivity index (χ0) is 15.6. The number of ether oxygens (including phenoxy) is 1. The summed E-state index contributed by atoms with van der Waals surface area (Å²) in [4.78, 5) is 2.18. The smallest absolute Gasteiger partial charge is 0.304 e. The molecule has 1 aliphatic rings. The molecule has 2 rings (SSSR count). The number of nitrogens with two attached hydrogens (primary N) is 2. The molecule has 118 valence electrons. The molecule has 1 aromatic rings. The predicted molar refractivity (Wildman–Crippen MR) is 76.3 cm³/mol. The van der Waals surface area contributed by atoms with Crippen LogP contribution in [0.15, 0.2) is 12.1 Å². The average molecular weight is 303 g/mol. The minimum Gasteiger partial charge on any atom is -0.452 e. The minimum absolute atomic E-state index is 0.0229. The summed E-state index contributed by atoms with van der Waals surface area (Å²) < 4.78 is 42.8. The standard InChI is InChI=1S/C14H20F3N3O/c1-20-6-4-8(5-7-20)9-2-3-10(18)11(19)12(9)21-14(17)13(15)16/h2-3,8,13-14H,4-7,18-19H2,1H3. The summed E-state index contributed by atoms with van der Waals surface area (Å²) in [7, 11) is 2.01. The van der Waals surface area contributed by atoms with Crippen molar-refractivity contribution in [2.24, 2.45) is 0 Å². The predicted octanol–water partition coefficient (Wildman–Crippen LogP) is 2.60. The highest BCUT2D eigenvalue weighted by Crippen LogP contribution is 2.41. The van der Waals surface area contributed by atoms with Gasteiger partial charge in [-0.3, -0.25) is 0 Å². The van der Waals surface area contributed by atoms with Gasteiger partial charge in [0.2, 0.25) is 0 Å². The first-order chi connectivity index (χ1) is 9.90. The van der Waals surface area contributed by atoms with Gasteiger partial charge in [0.05, 0.1) is 11.4 Å². The summed E-state index contributed by atoms with van der Waals surface area (Å²) in [5.74, 6) is 0.0568. The van der Waals surface area contributed by atoms with E-state index >= 15 is 0 Å². The van der Waals surface area contributed by atoms with Gasteiger partial charge in [0.1, 0.15) is 0 Å². The highest BCUT2D eigenvalue weighted by atomic mass is 19.3. The van der Waals surface area contributed by atoms with Gasteiger partial charge in [0, 0.05) is 0 Å². The number of piperidine rings is 1. The Morgan fingerprint density at radius 2 is 1.81 bits per heavy atom. The second-order valence-electron chi connectivity index (χ2n) is 5.37. The molecule has 0 aromatic heterocycles. The third kappa shape index (κ3) is 3.53. The van der Waals surface area contributed by atoms with E-state index in [1.807, 2.05) is 7.05 Å². The lowest BCUT2D eigenvalue weighted by molar-refractivity contribution is -0.0671. The third-order valence-corrected chi connectivity index (χ3v) is 3.85. The molecular formula is C14H20F3N3O. The molecule has 1 heterocycles. The van der Waals surface area contributed by atoms with Gasteiger partial charge in [0.25, 0.3) is 6.36 Å². The molecule has 0 aliphatic carbocycles. The van der Waals surface area contributed by atoms with Crippen LogP contribution in [-0.4, -0.2) is 37.8 Å². The minimum atomic E-state index is -3.23. The normalized spacial score (nSPS) is 18.9. The summed E-state index contributed by atoms with van der Waals surface area (Å²) in [5, 5.41) is 0. The molecular weight excluding hydrogens is 283 g/mol. The molecule has 1 unspecified atom stereocenters. The van der Waals surface area contributed by atoms with Crippen LogP contribution in [-0.2, 0) is 0 Å². The first-order valence-corrected chi connectivity index (χ1v) is 6.85. The first-order valence-electron chi connectivity index (χ1n) is 6.85. The molecule has 0 amide bonds. The lowest BCUT2D eigenvalue weighted by Crippen LogP contribution is -2.30. The quantitative estimate of drug-likeness (QED) is 0.839. The maximum Gasteiger partial charge on any atom is 0.304 e. The first kappa shape index (κ1) is 15.8. The number of benzene rings is 1. The summed E-state index contributed by atoms with van der Waals surface area (Å²) in [6.07, 6.45) is -4.26. The van der Waals surface area contributed by atoms with Crippen LogP contribution in [0.5, 0.6) is 5.75 Å². The zero-order valence-corrected chi connectivity index (χ0v) is 11.9. The van der Waals surface area contributed by atoms with Crippen molar-refractivity contribution in [3.8, 4) is 5.75 Å². The van der Waals surface area contributed by atoms with Crippen LogP contribution < -0.4 is 16.2 Å². The zero-order valence-electron chi connectivity index (χ0n) is 11.9. The van der Waals surface area contributed by atoms with E-state index in [-0.39, 0.29) is 23.0 Å². The Kier molecular flexibility index (Phi) is 4.82. The number of anilines is 2. The van der Waals surface area contributed by atoms with Crippen molar-refractivity contribution in [2.75, 3.05) is 31.6 Å². The number of rotatable bonds is 4.